The van der Waals surface area contributed by atoms with Crippen LogP contribution >= 0.6 is 0 Å². The molecule has 8 heteroatoms. The van der Waals surface area contributed by atoms with E-state index in [4.69, 9.17) is 4.74 Å². The lowest BCUT2D eigenvalue weighted by Crippen LogP contribution is -2.45. The fraction of sp³-hybridized carbons (Fsp3) is 0.381. The van der Waals surface area contributed by atoms with E-state index in [1.165, 1.54) is 18.2 Å². The van der Waals surface area contributed by atoms with Crippen LogP contribution in [0.5, 0.6) is 5.75 Å². The summed E-state index contributed by atoms with van der Waals surface area (Å²) in [6.07, 6.45) is -4.53. The number of rotatable bonds is 6. The minimum absolute atomic E-state index is 0.283. The maximum absolute atomic E-state index is 13.0. The highest BCUT2D eigenvalue weighted by atomic mass is 19.4. The summed E-state index contributed by atoms with van der Waals surface area (Å²) in [4.78, 5) is 16.7. The Morgan fingerprint density at radius 2 is 1.69 bits per heavy atom. The molecule has 1 N–H and O–H groups in total. The summed E-state index contributed by atoms with van der Waals surface area (Å²) in [6.45, 7) is 3.54. The van der Waals surface area contributed by atoms with Crippen LogP contribution in [0.3, 0.4) is 0 Å². The molecule has 0 saturated carbocycles. The van der Waals surface area contributed by atoms with E-state index in [-0.39, 0.29) is 12.3 Å². The summed E-state index contributed by atoms with van der Waals surface area (Å²) in [7, 11) is 2.08. The highest BCUT2D eigenvalue weighted by Crippen LogP contribution is 2.35. The summed E-state index contributed by atoms with van der Waals surface area (Å²) < 4.78 is 44.1. The molecule has 5 nitrogen and oxygen atoms in total. The average molecular weight is 407 g/mol. The molecule has 1 fully saturated rings. The van der Waals surface area contributed by atoms with Gasteiger partial charge in [0.15, 0.2) is 6.61 Å². The lowest BCUT2D eigenvalue weighted by Gasteiger charge is -2.35. The topological polar surface area (TPSA) is 44.8 Å². The van der Waals surface area contributed by atoms with Crippen molar-refractivity contribution >= 4 is 11.6 Å². The van der Waals surface area contributed by atoms with Gasteiger partial charge in [0.25, 0.3) is 5.91 Å². The molecule has 0 aliphatic carbocycles. The number of anilines is 1. The van der Waals surface area contributed by atoms with Crippen molar-refractivity contribution in [3.8, 4) is 5.75 Å². The Morgan fingerprint density at radius 1 is 1.03 bits per heavy atom. The van der Waals surface area contributed by atoms with Crippen LogP contribution in [0.25, 0.3) is 0 Å². The summed E-state index contributed by atoms with van der Waals surface area (Å²) in [5.41, 5.74) is 1.12. The van der Waals surface area contributed by atoms with Gasteiger partial charge in [-0.3, -0.25) is 4.79 Å². The van der Waals surface area contributed by atoms with Gasteiger partial charge in [-0.2, -0.15) is 13.2 Å². The van der Waals surface area contributed by atoms with Crippen molar-refractivity contribution in [1.29, 1.82) is 0 Å². The number of carbonyl (C=O) groups is 1. The van der Waals surface area contributed by atoms with Crippen LogP contribution in [0, 0.1) is 0 Å². The minimum atomic E-state index is -4.53. The van der Waals surface area contributed by atoms with E-state index in [9.17, 15) is 18.0 Å². The van der Waals surface area contributed by atoms with Crippen molar-refractivity contribution in [3.63, 3.8) is 0 Å². The Kier molecular flexibility index (Phi) is 6.64. The van der Waals surface area contributed by atoms with E-state index in [0.717, 1.165) is 43.5 Å². The minimum Gasteiger partial charge on any atom is -0.483 e. The Labute approximate surface area is 168 Å². The number of nitrogens with zero attached hydrogens (tertiary/aromatic N) is 2. The SMILES string of the molecule is CN1CCN(c2ccccc2CNC(=O)COc2ccccc2C(F)(F)F)CC1. The highest BCUT2D eigenvalue weighted by Gasteiger charge is 2.34. The molecule has 1 heterocycles. The summed E-state index contributed by atoms with van der Waals surface area (Å²) in [5, 5.41) is 2.73. The molecule has 0 unspecified atom stereocenters. The van der Waals surface area contributed by atoms with Gasteiger partial charge in [0, 0.05) is 38.4 Å². The number of benzene rings is 2. The molecule has 2 aromatic carbocycles. The predicted octanol–water partition coefficient (Wildman–Crippen LogP) is 3.15. The molecule has 0 atom stereocenters. The molecule has 3 rings (SSSR count). The summed E-state index contributed by atoms with van der Waals surface area (Å²) in [5.74, 6) is -0.830. The molecule has 0 aromatic heterocycles. The van der Waals surface area contributed by atoms with Gasteiger partial charge in [-0.15, -0.1) is 0 Å². The maximum Gasteiger partial charge on any atom is 0.419 e. The molecule has 0 spiro atoms. The van der Waals surface area contributed by atoms with Crippen molar-refractivity contribution in [3.05, 3.63) is 59.7 Å². The number of alkyl halides is 3. The number of halogens is 3. The van der Waals surface area contributed by atoms with E-state index in [1.807, 2.05) is 24.3 Å². The van der Waals surface area contributed by atoms with Crippen molar-refractivity contribution < 1.29 is 22.7 Å². The lowest BCUT2D eigenvalue weighted by molar-refractivity contribution is -0.139. The van der Waals surface area contributed by atoms with Gasteiger partial charge in [-0.05, 0) is 30.8 Å². The van der Waals surface area contributed by atoms with Crippen LogP contribution in [-0.4, -0.2) is 50.6 Å². The number of ether oxygens (including phenoxy) is 1. The smallest absolute Gasteiger partial charge is 0.419 e. The van der Waals surface area contributed by atoms with Gasteiger partial charge < -0.3 is 19.9 Å². The van der Waals surface area contributed by atoms with Crippen molar-refractivity contribution in [2.45, 2.75) is 12.7 Å². The Balaban J connectivity index is 1.57. The molecule has 156 valence electrons. The Morgan fingerprint density at radius 3 is 2.41 bits per heavy atom. The molecule has 1 aliphatic rings. The predicted molar refractivity (Wildman–Crippen MR) is 105 cm³/mol. The first-order valence-corrected chi connectivity index (χ1v) is 9.41. The molecule has 1 saturated heterocycles. The normalized spacial score (nSPS) is 15.2. The van der Waals surface area contributed by atoms with Crippen molar-refractivity contribution in [2.24, 2.45) is 0 Å². The maximum atomic E-state index is 13.0. The molecular weight excluding hydrogens is 383 g/mol. The second kappa shape index (κ2) is 9.17. The highest BCUT2D eigenvalue weighted by molar-refractivity contribution is 5.77. The molecule has 1 aliphatic heterocycles. The van der Waals surface area contributed by atoms with Crippen molar-refractivity contribution in [2.75, 3.05) is 44.7 Å². The summed E-state index contributed by atoms with van der Waals surface area (Å²) in [6, 6.07) is 12.7. The lowest BCUT2D eigenvalue weighted by atomic mass is 10.1. The van der Waals surface area contributed by atoms with Crippen LogP contribution in [-0.2, 0) is 17.5 Å². The van der Waals surface area contributed by atoms with Crippen LogP contribution in [0.15, 0.2) is 48.5 Å². The molecule has 0 radical (unpaired) electrons. The number of para-hydroxylation sites is 2. The van der Waals surface area contributed by atoms with Gasteiger partial charge in [0.2, 0.25) is 0 Å². The zero-order valence-electron chi connectivity index (χ0n) is 16.2. The fourth-order valence-corrected chi connectivity index (χ4v) is 3.23. The quantitative estimate of drug-likeness (QED) is 0.799. The van der Waals surface area contributed by atoms with Gasteiger partial charge in [-0.25, -0.2) is 0 Å². The first kappa shape index (κ1) is 21.0. The number of carbonyl (C=O) groups excluding carboxylic acids is 1. The molecule has 0 bridgehead atoms. The summed E-state index contributed by atoms with van der Waals surface area (Å²) >= 11 is 0. The first-order chi connectivity index (χ1) is 13.8. The fourth-order valence-electron chi connectivity index (χ4n) is 3.23. The third kappa shape index (κ3) is 5.63. The number of likely N-dealkylation sites (N-methyl/N-ethyl adjacent to an activating group) is 1. The van der Waals surface area contributed by atoms with Gasteiger partial charge in [-0.1, -0.05) is 30.3 Å². The van der Waals surface area contributed by atoms with E-state index < -0.39 is 24.3 Å². The number of hydrogen-bond acceptors (Lipinski definition) is 4. The van der Waals surface area contributed by atoms with Gasteiger partial charge in [0.1, 0.15) is 5.75 Å². The van der Waals surface area contributed by atoms with Crippen LogP contribution < -0.4 is 15.0 Å². The number of piperazine rings is 1. The van der Waals surface area contributed by atoms with Crippen molar-refractivity contribution in [1.82, 2.24) is 10.2 Å². The third-order valence-corrected chi connectivity index (χ3v) is 4.86. The molecule has 1 amide bonds. The van der Waals surface area contributed by atoms with E-state index in [0.29, 0.717) is 0 Å². The number of hydrogen-bond donors (Lipinski definition) is 1. The Bertz CT molecular complexity index is 834. The molecule has 29 heavy (non-hydrogen) atoms. The number of amides is 1. The zero-order valence-corrected chi connectivity index (χ0v) is 16.2. The third-order valence-electron chi connectivity index (χ3n) is 4.86. The van der Waals surface area contributed by atoms with Gasteiger partial charge in [0.05, 0.1) is 5.56 Å². The second-order valence-electron chi connectivity index (χ2n) is 6.98. The van der Waals surface area contributed by atoms with Crippen LogP contribution in [0.1, 0.15) is 11.1 Å². The largest absolute Gasteiger partial charge is 0.483 e. The van der Waals surface area contributed by atoms with Crippen LogP contribution in [0.2, 0.25) is 0 Å². The first-order valence-electron chi connectivity index (χ1n) is 9.41. The molecular formula is C21H24F3N3O2. The van der Waals surface area contributed by atoms with E-state index in [1.54, 1.807) is 0 Å². The average Bonchev–Trinajstić information content (AvgIpc) is 2.71. The number of nitrogens with one attached hydrogen (secondary N) is 1. The Hall–Kier alpha value is -2.74. The van der Waals surface area contributed by atoms with Crippen LogP contribution in [0.4, 0.5) is 18.9 Å². The van der Waals surface area contributed by atoms with Gasteiger partial charge >= 0.3 is 6.18 Å². The second-order valence-corrected chi connectivity index (χ2v) is 6.98. The van der Waals surface area contributed by atoms with E-state index >= 15 is 0 Å². The zero-order chi connectivity index (χ0) is 20.9. The van der Waals surface area contributed by atoms with E-state index in [2.05, 4.69) is 22.2 Å². The molecule has 2 aromatic rings. The monoisotopic (exact) mass is 407 g/mol. The standard InChI is InChI=1S/C21H24F3N3O2/c1-26-10-12-27(13-11-26)18-8-4-2-6-16(18)14-25-20(28)15-29-19-9-5-3-7-17(19)21(22,23)24/h2-9H,10-15H2,1H3,(H,25,28).